The number of H-pyrrole nitrogens is 1. The molecule has 0 aliphatic carbocycles. The molecule has 3 nitrogen and oxygen atoms in total. The molecule has 1 aromatic carbocycles. The summed E-state index contributed by atoms with van der Waals surface area (Å²) in [6.07, 6.45) is 1.97. The maximum absolute atomic E-state index is 5.92. The van der Waals surface area contributed by atoms with Gasteiger partial charge in [0.05, 0.1) is 10.6 Å². The Labute approximate surface area is 97.0 Å². The number of benzene rings is 1. The number of nitrogens with one attached hydrogen (secondary N) is 1. The van der Waals surface area contributed by atoms with Gasteiger partial charge in [-0.3, -0.25) is 5.10 Å². The SMILES string of the molecule is CSc1c(N)n[nH]c1-c1cccc(Cl)c1. The number of anilines is 1. The summed E-state index contributed by atoms with van der Waals surface area (Å²) in [7, 11) is 0. The Kier molecular flexibility index (Phi) is 2.88. The molecule has 0 radical (unpaired) electrons. The summed E-state index contributed by atoms with van der Waals surface area (Å²) < 4.78 is 0. The zero-order valence-corrected chi connectivity index (χ0v) is 9.69. The third kappa shape index (κ3) is 1.96. The number of thioether (sulfide) groups is 1. The fourth-order valence-corrected chi connectivity index (χ4v) is 2.20. The normalized spacial score (nSPS) is 10.5. The summed E-state index contributed by atoms with van der Waals surface area (Å²) in [5.41, 5.74) is 7.65. The molecule has 1 heterocycles. The van der Waals surface area contributed by atoms with Gasteiger partial charge in [0.2, 0.25) is 0 Å². The van der Waals surface area contributed by atoms with E-state index in [4.69, 9.17) is 17.3 Å². The molecular weight excluding hydrogens is 230 g/mol. The molecule has 2 rings (SSSR count). The summed E-state index contributed by atoms with van der Waals surface area (Å²) in [5, 5.41) is 7.60. The first-order valence-electron chi connectivity index (χ1n) is 4.36. The molecule has 2 aromatic rings. The molecule has 0 saturated carbocycles. The van der Waals surface area contributed by atoms with Gasteiger partial charge in [-0.25, -0.2) is 0 Å². The lowest BCUT2D eigenvalue weighted by atomic mass is 10.1. The van der Waals surface area contributed by atoms with Crippen LogP contribution in [0.3, 0.4) is 0 Å². The molecule has 0 saturated heterocycles. The Morgan fingerprint density at radius 1 is 1.47 bits per heavy atom. The van der Waals surface area contributed by atoms with E-state index in [-0.39, 0.29) is 0 Å². The van der Waals surface area contributed by atoms with Crippen molar-refractivity contribution in [1.82, 2.24) is 10.2 Å². The van der Waals surface area contributed by atoms with E-state index >= 15 is 0 Å². The predicted octanol–water partition coefficient (Wildman–Crippen LogP) is 3.03. The van der Waals surface area contributed by atoms with Crippen LogP contribution in [0.5, 0.6) is 0 Å². The molecule has 0 bridgehead atoms. The van der Waals surface area contributed by atoms with Crippen molar-refractivity contribution < 1.29 is 0 Å². The molecule has 15 heavy (non-hydrogen) atoms. The number of hydrogen-bond donors (Lipinski definition) is 2. The Morgan fingerprint density at radius 2 is 2.27 bits per heavy atom. The molecule has 0 aliphatic rings. The fourth-order valence-electron chi connectivity index (χ4n) is 1.39. The van der Waals surface area contributed by atoms with Gasteiger partial charge in [-0.2, -0.15) is 5.10 Å². The zero-order chi connectivity index (χ0) is 10.8. The minimum atomic E-state index is 0.525. The van der Waals surface area contributed by atoms with Crippen LogP contribution in [0.15, 0.2) is 29.2 Å². The van der Waals surface area contributed by atoms with E-state index in [1.165, 1.54) is 0 Å². The van der Waals surface area contributed by atoms with Crippen LogP contribution in [0.2, 0.25) is 5.02 Å². The number of aromatic amines is 1. The van der Waals surface area contributed by atoms with Gasteiger partial charge in [0.1, 0.15) is 0 Å². The topological polar surface area (TPSA) is 54.7 Å². The number of hydrogen-bond acceptors (Lipinski definition) is 3. The molecule has 0 fully saturated rings. The number of nitrogens with two attached hydrogens (primary N) is 1. The second kappa shape index (κ2) is 4.16. The first-order valence-corrected chi connectivity index (χ1v) is 5.96. The van der Waals surface area contributed by atoms with Crippen molar-refractivity contribution >= 4 is 29.2 Å². The summed E-state index contributed by atoms with van der Waals surface area (Å²) in [4.78, 5) is 0.956. The predicted molar refractivity (Wildman–Crippen MR) is 65.2 cm³/mol. The Hall–Kier alpha value is -1.13. The highest BCUT2D eigenvalue weighted by Crippen LogP contribution is 2.33. The van der Waals surface area contributed by atoms with Gasteiger partial charge >= 0.3 is 0 Å². The van der Waals surface area contributed by atoms with Crippen LogP contribution >= 0.6 is 23.4 Å². The number of halogens is 1. The van der Waals surface area contributed by atoms with Crippen molar-refractivity contribution in [3.63, 3.8) is 0 Å². The quantitative estimate of drug-likeness (QED) is 0.792. The Morgan fingerprint density at radius 3 is 2.93 bits per heavy atom. The van der Waals surface area contributed by atoms with E-state index in [9.17, 15) is 0 Å². The van der Waals surface area contributed by atoms with Gasteiger partial charge in [-0.1, -0.05) is 23.7 Å². The van der Waals surface area contributed by atoms with Crippen molar-refractivity contribution in [2.24, 2.45) is 0 Å². The van der Waals surface area contributed by atoms with Crippen LogP contribution < -0.4 is 5.73 Å². The molecule has 0 amide bonds. The maximum Gasteiger partial charge on any atom is 0.159 e. The van der Waals surface area contributed by atoms with Crippen molar-refractivity contribution in [3.8, 4) is 11.3 Å². The monoisotopic (exact) mass is 239 g/mol. The number of nitrogens with zero attached hydrogens (tertiary/aromatic N) is 1. The molecule has 0 atom stereocenters. The molecule has 3 N–H and O–H groups in total. The highest BCUT2D eigenvalue weighted by Gasteiger charge is 2.11. The zero-order valence-electron chi connectivity index (χ0n) is 8.12. The summed E-state index contributed by atoms with van der Waals surface area (Å²) in [6.45, 7) is 0. The number of nitrogen functional groups attached to an aromatic ring is 1. The largest absolute Gasteiger partial charge is 0.381 e. The minimum Gasteiger partial charge on any atom is -0.381 e. The van der Waals surface area contributed by atoms with Crippen molar-refractivity contribution in [3.05, 3.63) is 29.3 Å². The molecule has 1 aromatic heterocycles. The first kappa shape index (κ1) is 10.4. The molecule has 0 aliphatic heterocycles. The summed E-state index contributed by atoms with van der Waals surface area (Å²) in [6, 6.07) is 7.59. The molecule has 0 spiro atoms. The highest BCUT2D eigenvalue weighted by atomic mass is 35.5. The third-order valence-corrected chi connectivity index (χ3v) is 3.12. The maximum atomic E-state index is 5.92. The van der Waals surface area contributed by atoms with Gasteiger partial charge in [0.15, 0.2) is 5.82 Å². The van der Waals surface area contributed by atoms with Crippen LogP contribution in [0.4, 0.5) is 5.82 Å². The van der Waals surface area contributed by atoms with Crippen molar-refractivity contribution in [2.75, 3.05) is 12.0 Å². The van der Waals surface area contributed by atoms with Gasteiger partial charge in [-0.05, 0) is 18.4 Å². The van der Waals surface area contributed by atoms with E-state index in [1.54, 1.807) is 11.8 Å². The van der Waals surface area contributed by atoms with Gasteiger partial charge in [-0.15, -0.1) is 11.8 Å². The van der Waals surface area contributed by atoms with Crippen molar-refractivity contribution in [1.29, 1.82) is 0 Å². The lowest BCUT2D eigenvalue weighted by molar-refractivity contribution is 1.10. The average molecular weight is 240 g/mol. The summed E-state index contributed by atoms with van der Waals surface area (Å²) >= 11 is 7.49. The van der Waals surface area contributed by atoms with Gasteiger partial charge < -0.3 is 5.73 Å². The van der Waals surface area contributed by atoms with Gasteiger partial charge in [0, 0.05) is 10.6 Å². The van der Waals surface area contributed by atoms with E-state index in [0.717, 1.165) is 16.2 Å². The fraction of sp³-hybridized carbons (Fsp3) is 0.100. The van der Waals surface area contributed by atoms with E-state index in [2.05, 4.69) is 10.2 Å². The Balaban J connectivity index is 2.54. The van der Waals surface area contributed by atoms with Crippen LogP contribution in [0, 0.1) is 0 Å². The number of rotatable bonds is 2. The minimum absolute atomic E-state index is 0.525. The molecular formula is C10H10ClN3S. The average Bonchev–Trinajstić information content (AvgIpc) is 2.59. The van der Waals surface area contributed by atoms with Gasteiger partial charge in [0.25, 0.3) is 0 Å². The van der Waals surface area contributed by atoms with Crippen LogP contribution in [0.25, 0.3) is 11.3 Å². The summed E-state index contributed by atoms with van der Waals surface area (Å²) in [5.74, 6) is 0.525. The standard InChI is InChI=1S/C10H10ClN3S/c1-15-9-8(13-14-10(9)12)6-3-2-4-7(11)5-6/h2-5H,1H3,(H3,12,13,14). The molecule has 0 unspecified atom stereocenters. The Bertz CT molecular complexity index is 481. The third-order valence-electron chi connectivity index (χ3n) is 2.07. The smallest absolute Gasteiger partial charge is 0.159 e. The highest BCUT2D eigenvalue weighted by molar-refractivity contribution is 7.98. The van der Waals surface area contributed by atoms with E-state index < -0.39 is 0 Å². The second-order valence-corrected chi connectivity index (χ2v) is 4.28. The van der Waals surface area contributed by atoms with Crippen molar-refractivity contribution in [2.45, 2.75) is 4.90 Å². The van der Waals surface area contributed by atoms with E-state index in [1.807, 2.05) is 30.5 Å². The van der Waals surface area contributed by atoms with Crippen LogP contribution in [0.1, 0.15) is 0 Å². The number of aromatic nitrogens is 2. The van der Waals surface area contributed by atoms with Crippen LogP contribution in [-0.2, 0) is 0 Å². The van der Waals surface area contributed by atoms with E-state index in [0.29, 0.717) is 10.8 Å². The molecule has 78 valence electrons. The lowest BCUT2D eigenvalue weighted by Gasteiger charge is -2.01. The lowest BCUT2D eigenvalue weighted by Crippen LogP contribution is -1.85. The second-order valence-electron chi connectivity index (χ2n) is 3.03. The first-order chi connectivity index (χ1) is 7.22. The van der Waals surface area contributed by atoms with Crippen LogP contribution in [-0.4, -0.2) is 16.5 Å². The molecule has 5 heteroatoms.